The number of carbonyl (C=O) groups is 1. The molecule has 148 valence electrons. The molecule has 1 aromatic rings. The van der Waals surface area contributed by atoms with Gasteiger partial charge in [-0.15, -0.1) is 0 Å². The summed E-state index contributed by atoms with van der Waals surface area (Å²) in [5.41, 5.74) is -0.0106. The number of hydrogen-bond donors (Lipinski definition) is 3. The van der Waals surface area contributed by atoms with E-state index in [-0.39, 0.29) is 5.91 Å². The molecule has 0 radical (unpaired) electrons. The molecule has 1 saturated heterocycles. The summed E-state index contributed by atoms with van der Waals surface area (Å²) in [6, 6.07) is 7.31. The van der Waals surface area contributed by atoms with Gasteiger partial charge < -0.3 is 10.6 Å². The Bertz CT molecular complexity index is 797. The van der Waals surface area contributed by atoms with Crippen molar-refractivity contribution < 1.29 is 13.2 Å². The van der Waals surface area contributed by atoms with Crippen molar-refractivity contribution in [2.75, 3.05) is 25.0 Å². The number of carbonyl (C=O) groups excluding carboxylic acids is 1. The molecule has 1 saturated carbocycles. The van der Waals surface area contributed by atoms with Gasteiger partial charge in [-0.05, 0) is 37.8 Å². The van der Waals surface area contributed by atoms with E-state index >= 15 is 0 Å². The Hall–Kier alpha value is -1.64. The van der Waals surface area contributed by atoms with Crippen molar-refractivity contribution in [2.24, 2.45) is 0 Å². The van der Waals surface area contributed by atoms with Crippen molar-refractivity contribution >= 4 is 21.6 Å². The molecule has 8 heteroatoms. The van der Waals surface area contributed by atoms with Gasteiger partial charge in [0.2, 0.25) is 15.9 Å². The third-order valence-corrected chi connectivity index (χ3v) is 7.52. The van der Waals surface area contributed by atoms with Crippen molar-refractivity contribution in [3.05, 3.63) is 24.3 Å². The van der Waals surface area contributed by atoms with Crippen molar-refractivity contribution in [3.8, 4) is 0 Å². The van der Waals surface area contributed by atoms with Crippen LogP contribution in [0.4, 0.5) is 5.69 Å². The highest BCUT2D eigenvalue weighted by Gasteiger charge is 2.43. The van der Waals surface area contributed by atoms with Gasteiger partial charge in [0.15, 0.2) is 0 Å². The Balaban J connectivity index is 1.34. The fourth-order valence-electron chi connectivity index (χ4n) is 4.44. The van der Waals surface area contributed by atoms with Gasteiger partial charge in [-0.1, -0.05) is 31.4 Å². The van der Waals surface area contributed by atoms with Gasteiger partial charge in [0, 0.05) is 19.1 Å². The van der Waals surface area contributed by atoms with E-state index in [2.05, 4.69) is 20.3 Å². The van der Waals surface area contributed by atoms with E-state index in [1.807, 2.05) is 6.07 Å². The second kappa shape index (κ2) is 7.41. The molecule has 3 aliphatic rings. The molecule has 0 unspecified atom stereocenters. The summed E-state index contributed by atoms with van der Waals surface area (Å²) in [4.78, 5) is 14.7. The van der Waals surface area contributed by atoms with Gasteiger partial charge in [0.05, 0.1) is 12.2 Å². The predicted octanol–water partition coefficient (Wildman–Crippen LogP) is 1.63. The van der Waals surface area contributed by atoms with Crippen LogP contribution in [-0.4, -0.2) is 50.6 Å². The lowest BCUT2D eigenvalue weighted by Crippen LogP contribution is -2.62. The van der Waals surface area contributed by atoms with Crippen LogP contribution in [0.2, 0.25) is 0 Å². The number of nitrogens with one attached hydrogen (secondary N) is 3. The summed E-state index contributed by atoms with van der Waals surface area (Å²) in [6.07, 6.45) is 7.08. The normalized spacial score (nSPS) is 24.7. The fourth-order valence-corrected chi connectivity index (χ4v) is 5.99. The Labute approximate surface area is 160 Å². The Morgan fingerprint density at radius 1 is 1.15 bits per heavy atom. The van der Waals surface area contributed by atoms with Crippen LogP contribution in [-0.2, 0) is 14.8 Å². The summed E-state index contributed by atoms with van der Waals surface area (Å²) in [7, 11) is -3.52. The second-order valence-electron chi connectivity index (χ2n) is 7.99. The third-order valence-electron chi connectivity index (χ3n) is 5.93. The second-order valence-corrected chi connectivity index (χ2v) is 9.64. The van der Waals surface area contributed by atoms with E-state index in [4.69, 9.17) is 0 Å². The number of piperidine rings is 1. The maximum Gasteiger partial charge on any atom is 0.244 e. The fraction of sp³-hybridized carbons (Fsp3) is 0.632. The van der Waals surface area contributed by atoms with Crippen LogP contribution in [0.15, 0.2) is 29.2 Å². The number of likely N-dealkylation sites (tertiary alicyclic amines) is 1. The number of amides is 1. The van der Waals surface area contributed by atoms with E-state index in [0.29, 0.717) is 49.1 Å². The van der Waals surface area contributed by atoms with Gasteiger partial charge in [-0.3, -0.25) is 9.69 Å². The molecule has 27 heavy (non-hydrogen) atoms. The molecule has 4 rings (SSSR count). The van der Waals surface area contributed by atoms with Crippen LogP contribution >= 0.6 is 0 Å². The first-order chi connectivity index (χ1) is 13.0. The van der Waals surface area contributed by atoms with Gasteiger partial charge in [0.25, 0.3) is 0 Å². The molecule has 7 nitrogen and oxygen atoms in total. The van der Waals surface area contributed by atoms with Crippen LogP contribution in [0.3, 0.4) is 0 Å². The van der Waals surface area contributed by atoms with Crippen LogP contribution in [0.1, 0.15) is 44.9 Å². The molecule has 1 spiro atoms. The summed E-state index contributed by atoms with van der Waals surface area (Å²) in [5, 5.41) is 6.55. The summed E-state index contributed by atoms with van der Waals surface area (Å²) < 4.78 is 28.0. The SMILES string of the molecule is O=C(CN1CCC2(CC1)Nc1ccccc1S(=O)(=O)N2)NC1CCCCC1. The number of hydrogen-bond acceptors (Lipinski definition) is 5. The lowest BCUT2D eigenvalue weighted by atomic mass is 9.95. The minimum absolute atomic E-state index is 0.0837. The van der Waals surface area contributed by atoms with Crippen LogP contribution in [0, 0.1) is 0 Å². The van der Waals surface area contributed by atoms with Crippen LogP contribution in [0.25, 0.3) is 0 Å². The third kappa shape index (κ3) is 4.12. The first-order valence-corrected chi connectivity index (χ1v) is 11.4. The molecule has 0 bridgehead atoms. The molecule has 0 atom stereocenters. The smallest absolute Gasteiger partial charge is 0.244 e. The topological polar surface area (TPSA) is 90.5 Å². The predicted molar refractivity (Wildman–Crippen MR) is 104 cm³/mol. The minimum atomic E-state index is -3.52. The number of rotatable bonds is 3. The Morgan fingerprint density at radius 2 is 1.85 bits per heavy atom. The average molecular weight is 393 g/mol. The summed E-state index contributed by atoms with van der Waals surface area (Å²) in [5.74, 6) is 0.0837. The highest BCUT2D eigenvalue weighted by atomic mass is 32.2. The van der Waals surface area contributed by atoms with Gasteiger partial charge in [-0.25, -0.2) is 8.42 Å². The number of anilines is 1. The van der Waals surface area contributed by atoms with E-state index in [9.17, 15) is 13.2 Å². The monoisotopic (exact) mass is 392 g/mol. The zero-order valence-electron chi connectivity index (χ0n) is 15.5. The number of sulfonamides is 1. The van der Waals surface area contributed by atoms with E-state index in [0.717, 1.165) is 12.8 Å². The first kappa shape index (κ1) is 18.7. The maximum atomic E-state index is 12.6. The standard InChI is InChI=1S/C19H28N4O3S/c24-18(20-15-6-2-1-3-7-15)14-23-12-10-19(11-13-23)21-16-8-4-5-9-17(16)27(25,26)22-19/h4-5,8-9,15,21-22H,1-3,6-7,10-14H2,(H,20,24). The van der Waals surface area contributed by atoms with Crippen molar-refractivity contribution in [1.82, 2.24) is 14.9 Å². The highest BCUT2D eigenvalue weighted by Crippen LogP contribution is 2.34. The quantitative estimate of drug-likeness (QED) is 0.727. The number of para-hydroxylation sites is 1. The summed E-state index contributed by atoms with van der Waals surface area (Å²) >= 11 is 0. The largest absolute Gasteiger partial charge is 0.365 e. The molecule has 3 N–H and O–H groups in total. The lowest BCUT2D eigenvalue weighted by molar-refractivity contribution is -0.123. The zero-order valence-corrected chi connectivity index (χ0v) is 16.4. The van der Waals surface area contributed by atoms with Crippen molar-refractivity contribution in [2.45, 2.75) is 61.5 Å². The van der Waals surface area contributed by atoms with Gasteiger partial charge in [-0.2, -0.15) is 4.72 Å². The molecule has 2 fully saturated rings. The molecular formula is C19H28N4O3S. The maximum absolute atomic E-state index is 12.6. The molecular weight excluding hydrogens is 364 g/mol. The highest BCUT2D eigenvalue weighted by molar-refractivity contribution is 7.89. The molecule has 2 heterocycles. The van der Waals surface area contributed by atoms with E-state index < -0.39 is 15.7 Å². The molecule has 1 aliphatic carbocycles. The molecule has 1 amide bonds. The van der Waals surface area contributed by atoms with Crippen LogP contribution < -0.4 is 15.4 Å². The average Bonchev–Trinajstić information content (AvgIpc) is 2.64. The number of nitrogens with zero attached hydrogens (tertiary/aromatic N) is 1. The first-order valence-electron chi connectivity index (χ1n) is 9.89. The molecule has 0 aromatic heterocycles. The number of fused-ring (bicyclic) bond motifs is 1. The van der Waals surface area contributed by atoms with Crippen molar-refractivity contribution in [3.63, 3.8) is 0 Å². The molecule has 2 aliphatic heterocycles. The Morgan fingerprint density at radius 3 is 2.59 bits per heavy atom. The zero-order chi connectivity index (χ0) is 18.9. The molecule has 1 aromatic carbocycles. The number of benzene rings is 1. The van der Waals surface area contributed by atoms with E-state index in [1.54, 1.807) is 18.2 Å². The van der Waals surface area contributed by atoms with E-state index in [1.165, 1.54) is 19.3 Å². The minimum Gasteiger partial charge on any atom is -0.365 e. The lowest BCUT2D eigenvalue weighted by Gasteiger charge is -2.45. The van der Waals surface area contributed by atoms with Crippen molar-refractivity contribution in [1.29, 1.82) is 0 Å². The van der Waals surface area contributed by atoms with Gasteiger partial charge in [0.1, 0.15) is 10.6 Å². The summed E-state index contributed by atoms with van der Waals surface area (Å²) in [6.45, 7) is 1.74. The Kier molecular flexibility index (Phi) is 5.13. The van der Waals surface area contributed by atoms with Gasteiger partial charge >= 0.3 is 0 Å². The van der Waals surface area contributed by atoms with Crippen LogP contribution in [0.5, 0.6) is 0 Å².